The van der Waals surface area contributed by atoms with Crippen molar-refractivity contribution >= 4 is 5.91 Å². The number of hydrogen-bond donors (Lipinski definition) is 1. The topological polar surface area (TPSA) is 56.1 Å². The van der Waals surface area contributed by atoms with Crippen molar-refractivity contribution in [2.45, 2.75) is 38.2 Å². The maximum atomic E-state index is 12.0. The number of amides is 1. The Kier molecular flexibility index (Phi) is 4.01. The lowest BCUT2D eigenvalue weighted by atomic mass is 10.0. The third kappa shape index (κ3) is 2.72. The van der Waals surface area contributed by atoms with Crippen LogP contribution in [0.2, 0.25) is 0 Å². The van der Waals surface area contributed by atoms with Crippen LogP contribution in [-0.2, 0) is 11.8 Å². The van der Waals surface area contributed by atoms with Crippen LogP contribution in [0.3, 0.4) is 0 Å². The van der Waals surface area contributed by atoms with Crippen LogP contribution < -0.4 is 5.32 Å². The van der Waals surface area contributed by atoms with Crippen molar-refractivity contribution in [2.24, 2.45) is 7.05 Å². The Morgan fingerprint density at radius 2 is 2.28 bits per heavy atom. The van der Waals surface area contributed by atoms with Crippen molar-refractivity contribution in [1.29, 1.82) is 0 Å². The summed E-state index contributed by atoms with van der Waals surface area (Å²) in [6.07, 6.45) is 7.64. The Hall–Kier alpha value is -1.36. The monoisotopic (exact) mass is 251 g/mol. The molecule has 100 valence electrons. The zero-order valence-electron chi connectivity index (χ0n) is 11.1. The average molecular weight is 251 g/mol. The Balaban J connectivity index is 1.94. The SMILES string of the molecule is CCOC1(CNC(=O)c2cncn2C)CCCC1. The van der Waals surface area contributed by atoms with Gasteiger partial charge >= 0.3 is 0 Å². The second-order valence-corrected chi connectivity index (χ2v) is 4.90. The maximum absolute atomic E-state index is 12.0. The lowest BCUT2D eigenvalue weighted by Gasteiger charge is -2.29. The molecule has 0 spiro atoms. The molecule has 1 saturated carbocycles. The molecule has 5 heteroatoms. The molecule has 0 aliphatic heterocycles. The molecular weight excluding hydrogens is 230 g/mol. The highest BCUT2D eigenvalue weighted by molar-refractivity contribution is 5.92. The molecule has 1 amide bonds. The van der Waals surface area contributed by atoms with Crippen LogP contribution in [-0.4, -0.2) is 34.2 Å². The summed E-state index contributed by atoms with van der Waals surface area (Å²) in [6.45, 7) is 3.29. The molecular formula is C13H21N3O2. The highest BCUT2D eigenvalue weighted by Gasteiger charge is 2.34. The van der Waals surface area contributed by atoms with E-state index in [1.807, 2.05) is 14.0 Å². The number of imidazole rings is 1. The molecule has 0 radical (unpaired) electrons. The fraction of sp³-hybridized carbons (Fsp3) is 0.692. The number of aromatic nitrogens is 2. The fourth-order valence-electron chi connectivity index (χ4n) is 2.61. The van der Waals surface area contributed by atoms with E-state index in [2.05, 4.69) is 10.3 Å². The van der Waals surface area contributed by atoms with Gasteiger partial charge in [-0.1, -0.05) is 12.8 Å². The highest BCUT2D eigenvalue weighted by atomic mass is 16.5. The van der Waals surface area contributed by atoms with Crippen LogP contribution in [0.15, 0.2) is 12.5 Å². The Morgan fingerprint density at radius 1 is 1.56 bits per heavy atom. The molecule has 1 N–H and O–H groups in total. The van der Waals surface area contributed by atoms with Crippen molar-refractivity contribution in [2.75, 3.05) is 13.2 Å². The normalized spacial score (nSPS) is 17.9. The van der Waals surface area contributed by atoms with Gasteiger partial charge in [0.05, 0.1) is 18.1 Å². The van der Waals surface area contributed by atoms with Crippen LogP contribution in [0.4, 0.5) is 0 Å². The predicted octanol–water partition coefficient (Wildman–Crippen LogP) is 1.50. The number of nitrogens with zero attached hydrogens (tertiary/aromatic N) is 2. The summed E-state index contributed by atoms with van der Waals surface area (Å²) in [4.78, 5) is 15.9. The van der Waals surface area contributed by atoms with E-state index in [4.69, 9.17) is 4.74 Å². The van der Waals surface area contributed by atoms with E-state index in [0.29, 0.717) is 18.8 Å². The number of nitrogens with one attached hydrogen (secondary N) is 1. The minimum atomic E-state index is -0.150. The highest BCUT2D eigenvalue weighted by Crippen LogP contribution is 2.32. The summed E-state index contributed by atoms with van der Waals surface area (Å²) in [5, 5.41) is 2.97. The molecule has 1 heterocycles. The maximum Gasteiger partial charge on any atom is 0.269 e. The summed E-state index contributed by atoms with van der Waals surface area (Å²) >= 11 is 0. The van der Waals surface area contributed by atoms with E-state index in [9.17, 15) is 4.79 Å². The number of aryl methyl sites for hydroxylation is 1. The van der Waals surface area contributed by atoms with Gasteiger partial charge in [-0.2, -0.15) is 0 Å². The molecule has 0 aromatic carbocycles. The first kappa shape index (κ1) is 13.1. The van der Waals surface area contributed by atoms with E-state index < -0.39 is 0 Å². The third-order valence-electron chi connectivity index (χ3n) is 3.59. The van der Waals surface area contributed by atoms with Crippen LogP contribution in [0.25, 0.3) is 0 Å². The molecule has 1 aromatic rings. The quantitative estimate of drug-likeness (QED) is 0.862. The standard InChI is InChI=1S/C13H21N3O2/c1-3-18-13(6-4-5-7-13)9-15-12(17)11-8-14-10-16(11)2/h8,10H,3-7,9H2,1-2H3,(H,15,17). The summed E-state index contributed by atoms with van der Waals surface area (Å²) in [7, 11) is 1.82. The van der Waals surface area contributed by atoms with Gasteiger partial charge in [0.1, 0.15) is 5.69 Å². The second kappa shape index (κ2) is 5.52. The van der Waals surface area contributed by atoms with Gasteiger partial charge in [0.2, 0.25) is 0 Å². The molecule has 0 unspecified atom stereocenters. The Labute approximate surface area is 108 Å². The molecule has 2 rings (SSSR count). The molecule has 5 nitrogen and oxygen atoms in total. The molecule has 0 saturated heterocycles. The van der Waals surface area contributed by atoms with Crippen LogP contribution in [0, 0.1) is 0 Å². The summed E-state index contributed by atoms with van der Waals surface area (Å²) < 4.78 is 7.57. The number of rotatable bonds is 5. The number of hydrogen-bond acceptors (Lipinski definition) is 3. The molecule has 0 atom stereocenters. The van der Waals surface area contributed by atoms with Crippen LogP contribution in [0.1, 0.15) is 43.1 Å². The summed E-state index contributed by atoms with van der Waals surface area (Å²) in [6, 6.07) is 0. The van der Waals surface area contributed by atoms with Gasteiger partial charge < -0.3 is 14.6 Å². The smallest absolute Gasteiger partial charge is 0.269 e. The van der Waals surface area contributed by atoms with Crippen molar-refractivity contribution in [3.05, 3.63) is 18.2 Å². The Bertz CT molecular complexity index is 408. The predicted molar refractivity (Wildman–Crippen MR) is 68.4 cm³/mol. The van der Waals surface area contributed by atoms with E-state index >= 15 is 0 Å². The van der Waals surface area contributed by atoms with Gasteiger partial charge in [-0.15, -0.1) is 0 Å². The van der Waals surface area contributed by atoms with Gasteiger partial charge in [-0.05, 0) is 19.8 Å². The van der Waals surface area contributed by atoms with Crippen molar-refractivity contribution in [3.8, 4) is 0 Å². The van der Waals surface area contributed by atoms with Gasteiger partial charge in [0.15, 0.2) is 0 Å². The summed E-state index contributed by atoms with van der Waals surface area (Å²) in [5.41, 5.74) is 0.433. The average Bonchev–Trinajstić information content (AvgIpc) is 2.97. The molecule has 1 aromatic heterocycles. The van der Waals surface area contributed by atoms with E-state index in [1.165, 1.54) is 12.8 Å². The third-order valence-corrected chi connectivity index (χ3v) is 3.59. The summed E-state index contributed by atoms with van der Waals surface area (Å²) in [5.74, 6) is -0.0824. The van der Waals surface area contributed by atoms with E-state index in [-0.39, 0.29) is 11.5 Å². The lowest BCUT2D eigenvalue weighted by molar-refractivity contribution is -0.0316. The molecule has 1 aliphatic carbocycles. The van der Waals surface area contributed by atoms with Crippen LogP contribution in [0.5, 0.6) is 0 Å². The minimum absolute atomic E-state index is 0.0824. The second-order valence-electron chi connectivity index (χ2n) is 4.90. The first-order valence-corrected chi connectivity index (χ1v) is 6.55. The zero-order valence-corrected chi connectivity index (χ0v) is 11.1. The van der Waals surface area contributed by atoms with E-state index in [0.717, 1.165) is 12.8 Å². The van der Waals surface area contributed by atoms with E-state index in [1.54, 1.807) is 17.1 Å². The first-order valence-electron chi connectivity index (χ1n) is 6.55. The van der Waals surface area contributed by atoms with Gasteiger partial charge in [0, 0.05) is 20.2 Å². The number of ether oxygens (including phenoxy) is 1. The Morgan fingerprint density at radius 3 is 2.83 bits per heavy atom. The van der Waals surface area contributed by atoms with Gasteiger partial charge in [-0.3, -0.25) is 4.79 Å². The first-order chi connectivity index (χ1) is 8.67. The molecule has 1 fully saturated rings. The van der Waals surface area contributed by atoms with Crippen molar-refractivity contribution < 1.29 is 9.53 Å². The molecule has 1 aliphatic rings. The van der Waals surface area contributed by atoms with Gasteiger partial charge in [-0.25, -0.2) is 4.98 Å². The molecule has 18 heavy (non-hydrogen) atoms. The zero-order chi connectivity index (χ0) is 13.0. The fourth-order valence-corrected chi connectivity index (χ4v) is 2.61. The number of carbonyl (C=O) groups excluding carboxylic acids is 1. The minimum Gasteiger partial charge on any atom is -0.373 e. The van der Waals surface area contributed by atoms with Crippen molar-refractivity contribution in [3.63, 3.8) is 0 Å². The number of carbonyl (C=O) groups is 1. The van der Waals surface area contributed by atoms with Crippen LogP contribution >= 0.6 is 0 Å². The lowest BCUT2D eigenvalue weighted by Crippen LogP contribution is -2.43. The van der Waals surface area contributed by atoms with Crippen molar-refractivity contribution in [1.82, 2.24) is 14.9 Å². The molecule has 0 bridgehead atoms. The largest absolute Gasteiger partial charge is 0.373 e. The van der Waals surface area contributed by atoms with Gasteiger partial charge in [0.25, 0.3) is 5.91 Å².